The van der Waals surface area contributed by atoms with Gasteiger partial charge in [0.05, 0.1) is 10.5 Å². The zero-order chi connectivity index (χ0) is 21.8. The van der Waals surface area contributed by atoms with Gasteiger partial charge in [-0.05, 0) is 53.9 Å². The average Bonchev–Trinajstić information content (AvgIpc) is 3.28. The topological polar surface area (TPSA) is 105 Å². The van der Waals surface area contributed by atoms with Gasteiger partial charge in [0.2, 0.25) is 5.13 Å². The summed E-state index contributed by atoms with van der Waals surface area (Å²) in [6.07, 6.45) is 1.26. The van der Waals surface area contributed by atoms with Crippen molar-refractivity contribution in [2.75, 3.05) is 4.72 Å². The molecule has 154 valence electrons. The first-order chi connectivity index (χ1) is 15.0. The fraction of sp³-hybridized carbons (Fsp3) is 0.0455. The van der Waals surface area contributed by atoms with Crippen LogP contribution in [0.5, 0.6) is 11.5 Å². The Hall–Kier alpha value is -3.74. The van der Waals surface area contributed by atoms with Crippen molar-refractivity contribution in [2.45, 2.75) is 11.8 Å². The molecule has 1 aromatic heterocycles. The summed E-state index contributed by atoms with van der Waals surface area (Å²) in [5.74, 6) is 0.853. The van der Waals surface area contributed by atoms with E-state index >= 15 is 0 Å². The molecule has 1 heterocycles. The van der Waals surface area contributed by atoms with Gasteiger partial charge in [-0.1, -0.05) is 36.4 Å². The van der Waals surface area contributed by atoms with Crippen LogP contribution in [0.25, 0.3) is 11.1 Å². The predicted molar refractivity (Wildman–Crippen MR) is 119 cm³/mol. The minimum Gasteiger partial charge on any atom is -0.456 e. The molecule has 1 N–H and O–H groups in total. The van der Waals surface area contributed by atoms with Crippen molar-refractivity contribution in [3.8, 4) is 28.7 Å². The number of ether oxygens (including phenoxy) is 1. The molecule has 0 spiro atoms. The van der Waals surface area contributed by atoms with Gasteiger partial charge in [0, 0.05) is 11.5 Å². The van der Waals surface area contributed by atoms with Crippen molar-refractivity contribution in [2.24, 2.45) is 0 Å². The van der Waals surface area contributed by atoms with Crippen LogP contribution in [0, 0.1) is 18.3 Å². The Balaban J connectivity index is 1.60. The predicted octanol–water partition coefficient (Wildman–Crippen LogP) is 4.98. The van der Waals surface area contributed by atoms with E-state index in [1.54, 1.807) is 0 Å². The number of aryl methyl sites for hydroxylation is 1. The number of sulfonamides is 1. The molecule has 9 heteroatoms. The highest BCUT2D eigenvalue weighted by Gasteiger charge is 2.19. The van der Waals surface area contributed by atoms with Gasteiger partial charge in [-0.25, -0.2) is 13.4 Å². The van der Waals surface area contributed by atoms with Gasteiger partial charge in [-0.15, -0.1) is 0 Å². The first-order valence-electron chi connectivity index (χ1n) is 9.14. The summed E-state index contributed by atoms with van der Waals surface area (Å²) < 4.78 is 37.1. The van der Waals surface area contributed by atoms with Crippen LogP contribution < -0.4 is 9.46 Å². The lowest BCUT2D eigenvalue weighted by atomic mass is 10.0. The van der Waals surface area contributed by atoms with Crippen molar-refractivity contribution in [3.05, 3.63) is 84.2 Å². The van der Waals surface area contributed by atoms with E-state index in [4.69, 9.17) is 4.74 Å². The summed E-state index contributed by atoms with van der Waals surface area (Å²) in [7, 11) is -3.90. The summed E-state index contributed by atoms with van der Waals surface area (Å²) >= 11 is 0.919. The second-order valence-electron chi connectivity index (χ2n) is 6.57. The summed E-state index contributed by atoms with van der Waals surface area (Å²) in [4.78, 5) is 3.74. The number of nitriles is 1. The molecule has 31 heavy (non-hydrogen) atoms. The molecule has 0 saturated heterocycles. The van der Waals surface area contributed by atoms with E-state index in [2.05, 4.69) is 14.1 Å². The van der Waals surface area contributed by atoms with Crippen molar-refractivity contribution in [3.63, 3.8) is 0 Å². The van der Waals surface area contributed by atoms with E-state index in [9.17, 15) is 13.7 Å². The molecular formula is C22H16N4O3S2. The second-order valence-corrected chi connectivity index (χ2v) is 9.03. The zero-order valence-electron chi connectivity index (χ0n) is 16.3. The van der Waals surface area contributed by atoms with Gasteiger partial charge in [0.25, 0.3) is 10.0 Å². The van der Waals surface area contributed by atoms with E-state index < -0.39 is 10.0 Å². The van der Waals surface area contributed by atoms with Crippen LogP contribution in [0.1, 0.15) is 11.1 Å². The average molecular weight is 449 g/mol. The van der Waals surface area contributed by atoms with Crippen LogP contribution in [0.2, 0.25) is 0 Å². The molecule has 0 fully saturated rings. The van der Waals surface area contributed by atoms with E-state index in [0.717, 1.165) is 28.2 Å². The van der Waals surface area contributed by atoms with E-state index in [-0.39, 0.29) is 21.3 Å². The molecule has 0 aliphatic rings. The fourth-order valence-corrected chi connectivity index (χ4v) is 4.62. The molecule has 3 aromatic carbocycles. The maximum Gasteiger partial charge on any atom is 0.263 e. The van der Waals surface area contributed by atoms with Gasteiger partial charge in [-0.3, -0.25) is 4.72 Å². The summed E-state index contributed by atoms with van der Waals surface area (Å²) in [6, 6.07) is 21.9. The Morgan fingerprint density at radius 1 is 1.00 bits per heavy atom. The standard InChI is InChI=1S/C22H16N4O3S2/c1-15-11-17(16-5-3-2-4-6-16)7-9-20(15)29-21-10-8-19(12-18(21)13-23)31(27,28)26-22-24-14-25-30-22/h2-12,14H,1H3,(H,24,25,26). The van der Waals surface area contributed by atoms with Crippen molar-refractivity contribution in [1.29, 1.82) is 5.26 Å². The number of nitrogens with one attached hydrogen (secondary N) is 1. The Bertz CT molecular complexity index is 1360. The third-order valence-electron chi connectivity index (χ3n) is 4.47. The number of hydrogen-bond donors (Lipinski definition) is 1. The van der Waals surface area contributed by atoms with Crippen LogP contribution in [0.4, 0.5) is 5.13 Å². The zero-order valence-corrected chi connectivity index (χ0v) is 17.9. The number of rotatable bonds is 6. The molecule has 4 aromatic rings. The highest BCUT2D eigenvalue weighted by atomic mass is 32.2. The van der Waals surface area contributed by atoms with Crippen LogP contribution >= 0.6 is 11.5 Å². The van der Waals surface area contributed by atoms with Crippen molar-refractivity contribution in [1.82, 2.24) is 9.36 Å². The number of nitrogens with zero attached hydrogens (tertiary/aromatic N) is 3. The lowest BCUT2D eigenvalue weighted by molar-refractivity contribution is 0.477. The largest absolute Gasteiger partial charge is 0.456 e. The Morgan fingerprint density at radius 2 is 1.77 bits per heavy atom. The molecule has 0 unspecified atom stereocenters. The SMILES string of the molecule is Cc1cc(-c2ccccc2)ccc1Oc1ccc(S(=O)(=O)Nc2ncns2)cc1C#N. The number of aromatic nitrogens is 2. The number of benzene rings is 3. The monoisotopic (exact) mass is 448 g/mol. The molecule has 0 aliphatic carbocycles. The maximum absolute atomic E-state index is 12.5. The van der Waals surface area contributed by atoms with Crippen LogP contribution in [-0.4, -0.2) is 17.8 Å². The van der Waals surface area contributed by atoms with Gasteiger partial charge in [-0.2, -0.15) is 9.64 Å². The lowest BCUT2D eigenvalue weighted by Gasteiger charge is -2.13. The van der Waals surface area contributed by atoms with E-state index in [1.807, 2.05) is 61.5 Å². The third kappa shape index (κ3) is 4.55. The fourth-order valence-electron chi connectivity index (χ4n) is 2.94. The molecule has 4 rings (SSSR count). The molecule has 0 aliphatic heterocycles. The van der Waals surface area contributed by atoms with Gasteiger partial charge >= 0.3 is 0 Å². The van der Waals surface area contributed by atoms with Crippen LogP contribution in [0.15, 0.2) is 78.0 Å². The van der Waals surface area contributed by atoms with Crippen LogP contribution in [-0.2, 0) is 10.0 Å². The van der Waals surface area contributed by atoms with Gasteiger partial charge in [0.15, 0.2) is 0 Å². The Kier molecular flexibility index (Phi) is 5.66. The highest BCUT2D eigenvalue weighted by Crippen LogP contribution is 2.32. The molecule has 0 bridgehead atoms. The minimum absolute atomic E-state index is 0.0669. The lowest BCUT2D eigenvalue weighted by Crippen LogP contribution is -2.13. The highest BCUT2D eigenvalue weighted by molar-refractivity contribution is 7.93. The van der Waals surface area contributed by atoms with E-state index in [1.165, 1.54) is 24.5 Å². The number of anilines is 1. The second kappa shape index (κ2) is 8.55. The summed E-state index contributed by atoms with van der Waals surface area (Å²) in [5.41, 5.74) is 3.13. The normalized spacial score (nSPS) is 11.0. The smallest absolute Gasteiger partial charge is 0.263 e. The summed E-state index contributed by atoms with van der Waals surface area (Å²) in [5, 5.41) is 9.69. The maximum atomic E-state index is 12.5. The molecule has 0 radical (unpaired) electrons. The Labute approximate surface area is 183 Å². The van der Waals surface area contributed by atoms with Gasteiger partial charge in [0.1, 0.15) is 23.9 Å². The minimum atomic E-state index is -3.90. The van der Waals surface area contributed by atoms with Crippen molar-refractivity contribution >= 4 is 26.7 Å². The first-order valence-corrected chi connectivity index (χ1v) is 11.4. The van der Waals surface area contributed by atoms with E-state index in [0.29, 0.717) is 5.75 Å². The molecule has 0 atom stereocenters. The van der Waals surface area contributed by atoms with Crippen LogP contribution in [0.3, 0.4) is 0 Å². The molecular weight excluding hydrogens is 432 g/mol. The van der Waals surface area contributed by atoms with Gasteiger partial charge < -0.3 is 4.74 Å². The number of hydrogen-bond acceptors (Lipinski definition) is 7. The summed E-state index contributed by atoms with van der Waals surface area (Å²) in [6.45, 7) is 1.92. The first kappa shape index (κ1) is 20.5. The van der Waals surface area contributed by atoms with Crippen molar-refractivity contribution < 1.29 is 13.2 Å². The third-order valence-corrected chi connectivity index (χ3v) is 6.51. The molecule has 0 amide bonds. The molecule has 7 nitrogen and oxygen atoms in total. The molecule has 0 saturated carbocycles. The quantitative estimate of drug-likeness (QED) is 0.446. The Morgan fingerprint density at radius 3 is 2.45 bits per heavy atom.